The number of hydrogen-bond donors (Lipinski definition) is 2. The van der Waals surface area contributed by atoms with Gasteiger partial charge in [0.25, 0.3) is 5.91 Å². The van der Waals surface area contributed by atoms with E-state index in [4.69, 9.17) is 10.5 Å². The van der Waals surface area contributed by atoms with Crippen LogP contribution in [0.2, 0.25) is 0 Å². The number of hydrogen-bond acceptors (Lipinski definition) is 5. The summed E-state index contributed by atoms with van der Waals surface area (Å²) in [6.45, 7) is 6.08. The zero-order valence-corrected chi connectivity index (χ0v) is 14.2. The maximum Gasteiger partial charge on any atom is 0.265 e. The van der Waals surface area contributed by atoms with Crippen LogP contribution < -0.4 is 15.8 Å². The SMILES string of the molecule is CC(C)Oc1c(NC(C)C2CC2)sc(C(=O)N(C)C)c1N. The van der Waals surface area contributed by atoms with E-state index in [1.165, 1.54) is 29.1 Å². The molecule has 0 spiro atoms. The van der Waals surface area contributed by atoms with E-state index in [2.05, 4.69) is 12.2 Å². The Labute approximate surface area is 130 Å². The number of nitrogens with two attached hydrogens (primary N) is 1. The number of nitrogen functional groups attached to an aromatic ring is 1. The largest absolute Gasteiger partial charge is 0.486 e. The second-order valence-electron chi connectivity index (χ2n) is 6.14. The van der Waals surface area contributed by atoms with Crippen LogP contribution in [-0.2, 0) is 0 Å². The third-order valence-corrected chi connectivity index (χ3v) is 4.65. The van der Waals surface area contributed by atoms with Gasteiger partial charge in [-0.25, -0.2) is 0 Å². The number of rotatable bonds is 6. The van der Waals surface area contributed by atoms with Crippen LogP contribution in [-0.4, -0.2) is 37.0 Å². The molecule has 1 aliphatic carbocycles. The second-order valence-corrected chi connectivity index (χ2v) is 7.16. The predicted octanol–water partition coefficient (Wildman–Crippen LogP) is 3.03. The molecule has 1 aliphatic rings. The summed E-state index contributed by atoms with van der Waals surface area (Å²) in [7, 11) is 3.45. The van der Waals surface area contributed by atoms with Crippen LogP contribution in [0.4, 0.5) is 10.7 Å². The van der Waals surface area contributed by atoms with Crippen molar-refractivity contribution in [1.82, 2.24) is 4.90 Å². The zero-order chi connectivity index (χ0) is 15.7. The molecule has 0 aromatic carbocycles. The fourth-order valence-corrected chi connectivity index (χ4v) is 3.33. The smallest absolute Gasteiger partial charge is 0.265 e. The molecule has 1 aromatic rings. The van der Waals surface area contributed by atoms with Crippen molar-refractivity contribution in [2.24, 2.45) is 5.92 Å². The fourth-order valence-electron chi connectivity index (χ4n) is 2.16. The summed E-state index contributed by atoms with van der Waals surface area (Å²) in [6.07, 6.45) is 2.54. The van der Waals surface area contributed by atoms with E-state index < -0.39 is 0 Å². The zero-order valence-electron chi connectivity index (χ0n) is 13.4. The molecule has 3 N–H and O–H groups in total. The van der Waals surface area contributed by atoms with Crippen LogP contribution in [0.5, 0.6) is 5.75 Å². The molecule has 2 rings (SSSR count). The van der Waals surface area contributed by atoms with Crippen molar-refractivity contribution in [3.8, 4) is 5.75 Å². The van der Waals surface area contributed by atoms with Crippen molar-refractivity contribution in [1.29, 1.82) is 0 Å². The highest BCUT2D eigenvalue weighted by Gasteiger charge is 2.31. The summed E-state index contributed by atoms with van der Waals surface area (Å²) in [5.74, 6) is 1.25. The third kappa shape index (κ3) is 3.61. The van der Waals surface area contributed by atoms with E-state index in [0.717, 1.165) is 5.00 Å². The predicted molar refractivity (Wildman–Crippen MR) is 88.3 cm³/mol. The number of anilines is 2. The van der Waals surface area contributed by atoms with Crippen LogP contribution in [0.3, 0.4) is 0 Å². The molecule has 1 atom stereocenters. The molecular weight excluding hydrogens is 286 g/mol. The Morgan fingerprint density at radius 3 is 2.48 bits per heavy atom. The Morgan fingerprint density at radius 1 is 1.38 bits per heavy atom. The minimum atomic E-state index is -0.0850. The first-order chi connectivity index (χ1) is 9.81. The summed E-state index contributed by atoms with van der Waals surface area (Å²) in [5.41, 5.74) is 6.60. The lowest BCUT2D eigenvalue weighted by atomic mass is 10.2. The Morgan fingerprint density at radius 2 is 2.00 bits per heavy atom. The van der Waals surface area contributed by atoms with Crippen LogP contribution >= 0.6 is 11.3 Å². The van der Waals surface area contributed by atoms with Gasteiger partial charge < -0.3 is 20.7 Å². The number of amides is 1. The molecule has 5 nitrogen and oxygen atoms in total. The third-order valence-electron chi connectivity index (χ3n) is 3.54. The van der Waals surface area contributed by atoms with Crippen molar-refractivity contribution in [3.63, 3.8) is 0 Å². The first kappa shape index (κ1) is 15.9. The summed E-state index contributed by atoms with van der Waals surface area (Å²) in [5, 5.41) is 4.34. The molecule has 0 aliphatic heterocycles. The number of ether oxygens (including phenoxy) is 1. The van der Waals surface area contributed by atoms with Crippen LogP contribution in [0.15, 0.2) is 0 Å². The van der Waals surface area contributed by atoms with Gasteiger partial charge in [-0.15, -0.1) is 11.3 Å². The molecule has 6 heteroatoms. The Kier molecular flexibility index (Phi) is 4.66. The normalized spacial score (nSPS) is 15.9. The Balaban J connectivity index is 2.31. The van der Waals surface area contributed by atoms with Crippen molar-refractivity contribution in [2.75, 3.05) is 25.1 Å². The summed E-state index contributed by atoms with van der Waals surface area (Å²) in [4.78, 5) is 14.3. The second kappa shape index (κ2) is 6.13. The molecule has 0 bridgehead atoms. The summed E-state index contributed by atoms with van der Waals surface area (Å²) < 4.78 is 5.84. The summed E-state index contributed by atoms with van der Waals surface area (Å²) >= 11 is 1.39. The standard InChI is InChI=1S/C15H25N3O2S/c1-8(2)20-12-11(16)13(15(19)18(4)5)21-14(12)17-9(3)10-6-7-10/h8-10,17H,6-7,16H2,1-5H3. The highest BCUT2D eigenvalue weighted by Crippen LogP contribution is 2.45. The molecule has 1 unspecified atom stereocenters. The minimum absolute atomic E-state index is 0.0148. The van der Waals surface area contributed by atoms with Crippen LogP contribution in [0, 0.1) is 5.92 Å². The highest BCUT2D eigenvalue weighted by atomic mass is 32.1. The lowest BCUT2D eigenvalue weighted by Crippen LogP contribution is -2.21. The van der Waals surface area contributed by atoms with Gasteiger partial charge in [-0.1, -0.05) is 0 Å². The van der Waals surface area contributed by atoms with Crippen LogP contribution in [0.1, 0.15) is 43.3 Å². The highest BCUT2D eigenvalue weighted by molar-refractivity contribution is 7.19. The lowest BCUT2D eigenvalue weighted by molar-refractivity contribution is 0.0832. The first-order valence-electron chi connectivity index (χ1n) is 7.38. The van der Waals surface area contributed by atoms with Crippen molar-refractivity contribution < 1.29 is 9.53 Å². The molecule has 1 aromatic heterocycles. The van der Waals surface area contributed by atoms with Gasteiger partial charge in [-0.05, 0) is 39.5 Å². The van der Waals surface area contributed by atoms with Gasteiger partial charge in [0.05, 0.1) is 6.10 Å². The van der Waals surface area contributed by atoms with Crippen LogP contribution in [0.25, 0.3) is 0 Å². The van der Waals surface area contributed by atoms with E-state index in [0.29, 0.717) is 28.3 Å². The van der Waals surface area contributed by atoms with Gasteiger partial charge in [0.15, 0.2) is 5.75 Å². The van der Waals surface area contributed by atoms with E-state index in [1.54, 1.807) is 14.1 Å². The molecule has 1 amide bonds. The number of nitrogens with zero attached hydrogens (tertiary/aromatic N) is 1. The Hall–Kier alpha value is -1.43. The number of nitrogens with one attached hydrogen (secondary N) is 1. The maximum absolute atomic E-state index is 12.2. The summed E-state index contributed by atoms with van der Waals surface area (Å²) in [6, 6.07) is 0.375. The van der Waals surface area contributed by atoms with Crippen molar-refractivity contribution in [3.05, 3.63) is 4.88 Å². The van der Waals surface area contributed by atoms with E-state index in [9.17, 15) is 4.79 Å². The van der Waals surface area contributed by atoms with Crippen molar-refractivity contribution >= 4 is 27.9 Å². The maximum atomic E-state index is 12.2. The van der Waals surface area contributed by atoms with E-state index in [-0.39, 0.29) is 12.0 Å². The molecule has 1 fully saturated rings. The number of thiophene rings is 1. The van der Waals surface area contributed by atoms with Gasteiger partial charge in [0.2, 0.25) is 0 Å². The lowest BCUT2D eigenvalue weighted by Gasteiger charge is -2.16. The average Bonchev–Trinajstić information content (AvgIpc) is 3.19. The number of carbonyl (C=O) groups excluding carboxylic acids is 1. The monoisotopic (exact) mass is 311 g/mol. The minimum Gasteiger partial charge on any atom is -0.486 e. The molecule has 118 valence electrons. The molecular formula is C15H25N3O2S. The average molecular weight is 311 g/mol. The topological polar surface area (TPSA) is 67.6 Å². The van der Waals surface area contributed by atoms with Gasteiger partial charge in [-0.3, -0.25) is 4.79 Å². The number of carbonyl (C=O) groups is 1. The van der Waals surface area contributed by atoms with Gasteiger partial charge >= 0.3 is 0 Å². The van der Waals surface area contributed by atoms with E-state index >= 15 is 0 Å². The Bertz CT molecular complexity index is 521. The van der Waals surface area contributed by atoms with Gasteiger partial charge in [0, 0.05) is 20.1 Å². The van der Waals surface area contributed by atoms with Gasteiger partial charge in [-0.2, -0.15) is 0 Å². The molecule has 1 saturated carbocycles. The molecule has 21 heavy (non-hydrogen) atoms. The van der Waals surface area contributed by atoms with E-state index in [1.807, 2.05) is 13.8 Å². The quantitative estimate of drug-likeness (QED) is 0.847. The first-order valence-corrected chi connectivity index (χ1v) is 8.20. The van der Waals surface area contributed by atoms with Crippen molar-refractivity contribution in [2.45, 2.75) is 45.8 Å². The molecule has 1 heterocycles. The fraction of sp³-hybridized carbons (Fsp3) is 0.667. The molecule has 0 radical (unpaired) electrons. The molecule has 0 saturated heterocycles. The van der Waals surface area contributed by atoms with Gasteiger partial charge in [0.1, 0.15) is 15.6 Å².